The average molecular weight is 572 g/mol. The molecule has 34 heavy (non-hydrogen) atoms. The molecular formula is C26H33BrCl2N2O3. The zero-order valence-corrected chi connectivity index (χ0v) is 23.9. The number of carbonyl (C=O) groups excluding carboxylic acids is 2. The van der Waals surface area contributed by atoms with E-state index in [1.165, 1.54) is 4.90 Å². The summed E-state index contributed by atoms with van der Waals surface area (Å²) in [7, 11) is 0. The summed E-state index contributed by atoms with van der Waals surface area (Å²) in [6.07, 6.45) is 0. The van der Waals surface area contributed by atoms with E-state index in [1.807, 2.05) is 39.0 Å². The number of hydrogen-bond acceptors (Lipinski definition) is 3. The van der Waals surface area contributed by atoms with E-state index in [-0.39, 0.29) is 30.4 Å². The van der Waals surface area contributed by atoms with Crippen LogP contribution in [0.3, 0.4) is 0 Å². The third-order valence-electron chi connectivity index (χ3n) is 5.20. The first kappa shape index (κ1) is 28.5. The molecule has 1 atom stereocenters. The van der Waals surface area contributed by atoms with Crippen molar-refractivity contribution in [1.29, 1.82) is 0 Å². The Hall–Kier alpha value is -1.76. The Labute approximate surface area is 221 Å². The molecule has 1 unspecified atom stereocenters. The van der Waals surface area contributed by atoms with Gasteiger partial charge in [0.25, 0.3) is 5.91 Å². The summed E-state index contributed by atoms with van der Waals surface area (Å²) in [6.45, 7) is 13.5. The van der Waals surface area contributed by atoms with Crippen molar-refractivity contribution in [2.45, 2.75) is 72.0 Å². The molecular weight excluding hydrogens is 539 g/mol. The molecule has 0 bridgehead atoms. The third kappa shape index (κ3) is 7.89. The maximum absolute atomic E-state index is 13.3. The van der Waals surface area contributed by atoms with Gasteiger partial charge in [-0.1, -0.05) is 56.1 Å². The number of hydrogen-bond donors (Lipinski definition) is 1. The zero-order chi connectivity index (χ0) is 25.8. The number of ether oxygens (including phenoxy) is 1. The van der Waals surface area contributed by atoms with Crippen LogP contribution < -0.4 is 10.1 Å². The Bertz CT molecular complexity index is 1030. The van der Waals surface area contributed by atoms with E-state index in [0.717, 1.165) is 10.0 Å². The smallest absolute Gasteiger partial charge is 0.261 e. The van der Waals surface area contributed by atoms with Gasteiger partial charge >= 0.3 is 0 Å². The van der Waals surface area contributed by atoms with Gasteiger partial charge in [0.1, 0.15) is 11.8 Å². The van der Waals surface area contributed by atoms with Crippen LogP contribution in [0.1, 0.15) is 59.6 Å². The standard InChI is InChI=1S/C26H33BrCl2N2O3/c1-16(24(33)30-26(5,6)7)31(14-18-20(28)9-8-10-21(18)29)23(32)15-34-22-12-11-17(13-19(22)27)25(2,3)4/h8-13,16H,14-15H2,1-7H3,(H,30,33). The Kier molecular flexibility index (Phi) is 9.48. The van der Waals surface area contributed by atoms with Gasteiger partial charge in [-0.25, -0.2) is 0 Å². The summed E-state index contributed by atoms with van der Waals surface area (Å²) in [4.78, 5) is 27.7. The van der Waals surface area contributed by atoms with Crippen molar-refractivity contribution in [2.75, 3.05) is 6.61 Å². The van der Waals surface area contributed by atoms with Crippen LogP contribution in [0.4, 0.5) is 0 Å². The molecule has 2 aromatic rings. The van der Waals surface area contributed by atoms with Crippen LogP contribution in [0.25, 0.3) is 0 Å². The summed E-state index contributed by atoms with van der Waals surface area (Å²) >= 11 is 16.2. The van der Waals surface area contributed by atoms with Gasteiger partial charge < -0.3 is 15.0 Å². The van der Waals surface area contributed by atoms with Crippen LogP contribution in [0.2, 0.25) is 10.0 Å². The molecule has 5 nitrogen and oxygen atoms in total. The molecule has 0 aliphatic rings. The Balaban J connectivity index is 2.27. The van der Waals surface area contributed by atoms with Crippen molar-refractivity contribution < 1.29 is 14.3 Å². The highest BCUT2D eigenvalue weighted by atomic mass is 79.9. The van der Waals surface area contributed by atoms with Crippen molar-refractivity contribution >= 4 is 50.9 Å². The third-order valence-corrected chi connectivity index (χ3v) is 6.53. The second-order valence-electron chi connectivity index (χ2n) is 10.3. The van der Waals surface area contributed by atoms with E-state index < -0.39 is 11.6 Å². The largest absolute Gasteiger partial charge is 0.483 e. The van der Waals surface area contributed by atoms with Crippen molar-refractivity contribution in [1.82, 2.24) is 10.2 Å². The minimum absolute atomic E-state index is 0.0161. The topological polar surface area (TPSA) is 58.6 Å². The van der Waals surface area contributed by atoms with Gasteiger partial charge in [0.05, 0.1) is 4.47 Å². The van der Waals surface area contributed by atoms with Crippen molar-refractivity contribution in [2.24, 2.45) is 0 Å². The number of nitrogens with zero attached hydrogens (tertiary/aromatic N) is 1. The van der Waals surface area contributed by atoms with E-state index in [2.05, 4.69) is 42.0 Å². The number of nitrogens with one attached hydrogen (secondary N) is 1. The molecule has 0 aliphatic heterocycles. The number of benzene rings is 2. The molecule has 1 N–H and O–H groups in total. The maximum atomic E-state index is 13.3. The van der Waals surface area contributed by atoms with Gasteiger partial charge in [-0.05, 0) is 78.9 Å². The van der Waals surface area contributed by atoms with Gasteiger partial charge in [-0.15, -0.1) is 0 Å². The van der Waals surface area contributed by atoms with Crippen LogP contribution in [-0.4, -0.2) is 34.9 Å². The summed E-state index contributed by atoms with van der Waals surface area (Å²) in [5.41, 5.74) is 1.25. The van der Waals surface area contributed by atoms with E-state index in [4.69, 9.17) is 27.9 Å². The first-order valence-corrected chi connectivity index (χ1v) is 12.6. The summed E-state index contributed by atoms with van der Waals surface area (Å²) in [5, 5.41) is 3.78. The predicted octanol–water partition coefficient (Wildman–Crippen LogP) is 6.76. The Morgan fingerprint density at radius 2 is 1.65 bits per heavy atom. The Morgan fingerprint density at radius 1 is 1.06 bits per heavy atom. The molecule has 2 rings (SSSR count). The summed E-state index contributed by atoms with van der Waals surface area (Å²) in [5.74, 6) is -0.0945. The quantitative estimate of drug-likeness (QED) is 0.399. The molecule has 0 spiro atoms. The molecule has 0 fully saturated rings. The van der Waals surface area contributed by atoms with E-state index in [0.29, 0.717) is 21.4 Å². The monoisotopic (exact) mass is 570 g/mol. The first-order chi connectivity index (χ1) is 15.6. The van der Waals surface area contributed by atoms with Gasteiger partial charge in [-0.3, -0.25) is 9.59 Å². The molecule has 186 valence electrons. The second-order valence-corrected chi connectivity index (χ2v) is 12.0. The lowest BCUT2D eigenvalue weighted by molar-refractivity contribution is -0.142. The predicted molar refractivity (Wildman–Crippen MR) is 143 cm³/mol. The lowest BCUT2D eigenvalue weighted by atomic mass is 9.87. The lowest BCUT2D eigenvalue weighted by Crippen LogP contribution is -2.53. The molecule has 0 radical (unpaired) electrons. The van der Waals surface area contributed by atoms with Gasteiger partial charge in [0.15, 0.2) is 6.61 Å². The number of amides is 2. The molecule has 0 saturated carbocycles. The highest BCUT2D eigenvalue weighted by Gasteiger charge is 2.30. The van der Waals surface area contributed by atoms with Crippen LogP contribution in [0.5, 0.6) is 5.75 Å². The van der Waals surface area contributed by atoms with Gasteiger partial charge in [0.2, 0.25) is 5.91 Å². The molecule has 2 aromatic carbocycles. The minimum Gasteiger partial charge on any atom is -0.483 e. The second kappa shape index (κ2) is 11.3. The van der Waals surface area contributed by atoms with E-state index in [9.17, 15) is 9.59 Å². The highest BCUT2D eigenvalue weighted by Crippen LogP contribution is 2.32. The van der Waals surface area contributed by atoms with Crippen LogP contribution >= 0.6 is 39.1 Å². The van der Waals surface area contributed by atoms with E-state index in [1.54, 1.807) is 25.1 Å². The van der Waals surface area contributed by atoms with Crippen LogP contribution in [0, 0.1) is 0 Å². The summed E-state index contributed by atoms with van der Waals surface area (Å²) < 4.78 is 6.60. The SMILES string of the molecule is CC(C(=O)NC(C)(C)C)N(Cc1c(Cl)cccc1Cl)C(=O)COc1ccc(C(C)(C)C)cc1Br. The fourth-order valence-corrected chi connectivity index (χ4v) is 4.23. The maximum Gasteiger partial charge on any atom is 0.261 e. The molecule has 2 amide bonds. The molecule has 0 heterocycles. The number of carbonyl (C=O) groups is 2. The van der Waals surface area contributed by atoms with Crippen molar-refractivity contribution in [3.8, 4) is 5.75 Å². The average Bonchev–Trinajstić information content (AvgIpc) is 2.70. The molecule has 0 saturated heterocycles. The normalized spacial score (nSPS) is 12.8. The van der Waals surface area contributed by atoms with Crippen LogP contribution in [0.15, 0.2) is 40.9 Å². The summed E-state index contributed by atoms with van der Waals surface area (Å²) in [6, 6.07) is 10.2. The van der Waals surface area contributed by atoms with Crippen LogP contribution in [-0.2, 0) is 21.5 Å². The fourth-order valence-electron chi connectivity index (χ4n) is 3.22. The van der Waals surface area contributed by atoms with Crippen molar-refractivity contribution in [3.63, 3.8) is 0 Å². The zero-order valence-electron chi connectivity index (χ0n) is 20.8. The van der Waals surface area contributed by atoms with Gasteiger partial charge in [-0.2, -0.15) is 0 Å². The highest BCUT2D eigenvalue weighted by molar-refractivity contribution is 9.10. The molecule has 8 heteroatoms. The lowest BCUT2D eigenvalue weighted by Gasteiger charge is -2.32. The van der Waals surface area contributed by atoms with Gasteiger partial charge in [0, 0.05) is 27.7 Å². The fraction of sp³-hybridized carbons (Fsp3) is 0.462. The van der Waals surface area contributed by atoms with Crippen molar-refractivity contribution in [3.05, 3.63) is 62.0 Å². The number of rotatable bonds is 7. The molecule has 0 aromatic heterocycles. The Morgan fingerprint density at radius 3 is 2.15 bits per heavy atom. The minimum atomic E-state index is -0.769. The first-order valence-electron chi connectivity index (χ1n) is 11.1. The van der Waals surface area contributed by atoms with E-state index >= 15 is 0 Å². The number of halogens is 3. The molecule has 0 aliphatic carbocycles.